The third kappa shape index (κ3) is 11.3. The number of ketones is 1. The van der Waals surface area contributed by atoms with Crippen molar-refractivity contribution in [2.45, 2.75) is 66.8 Å². The Morgan fingerprint density at radius 3 is 2.15 bits per heavy atom. The number of phenolic OH excluding ortho intramolecular Hbond substituents is 1. The standard InChI is InChI=1S/C26H41N3O5/c1-17(2)12-20(25(34)29(7)15-24(33)27-16-26(4,5)6)14-23(32)22(28-18(3)30)13-19-8-10-21(31)11-9-19/h8-11,17,20,22,31H,12-16H2,1-7H3,(H,27,33)(H,28,30)/t20-,22-/m0/s1. The molecule has 1 aromatic carbocycles. The van der Waals surface area contributed by atoms with Crippen molar-refractivity contribution in [1.29, 1.82) is 0 Å². The quantitative estimate of drug-likeness (QED) is 0.430. The zero-order valence-corrected chi connectivity index (χ0v) is 21.6. The zero-order valence-electron chi connectivity index (χ0n) is 21.6. The van der Waals surface area contributed by atoms with Gasteiger partial charge < -0.3 is 20.6 Å². The van der Waals surface area contributed by atoms with Gasteiger partial charge in [-0.2, -0.15) is 0 Å². The summed E-state index contributed by atoms with van der Waals surface area (Å²) in [5, 5.41) is 15.0. The van der Waals surface area contributed by atoms with E-state index in [9.17, 15) is 24.3 Å². The number of nitrogens with zero attached hydrogens (tertiary/aromatic N) is 1. The number of amides is 3. The molecule has 0 aliphatic heterocycles. The van der Waals surface area contributed by atoms with Crippen LogP contribution in [-0.4, -0.2) is 59.7 Å². The first-order chi connectivity index (χ1) is 15.7. The molecule has 0 saturated heterocycles. The van der Waals surface area contributed by atoms with Gasteiger partial charge in [0.1, 0.15) is 5.75 Å². The van der Waals surface area contributed by atoms with E-state index in [2.05, 4.69) is 10.6 Å². The number of aromatic hydroxyl groups is 1. The van der Waals surface area contributed by atoms with E-state index in [1.54, 1.807) is 19.2 Å². The molecule has 34 heavy (non-hydrogen) atoms. The highest BCUT2D eigenvalue weighted by molar-refractivity contribution is 5.93. The molecule has 1 rings (SSSR count). The fourth-order valence-corrected chi connectivity index (χ4v) is 3.61. The Bertz CT molecular complexity index is 843. The van der Waals surface area contributed by atoms with E-state index in [-0.39, 0.29) is 60.0 Å². The van der Waals surface area contributed by atoms with Crippen LogP contribution in [0.4, 0.5) is 0 Å². The van der Waals surface area contributed by atoms with E-state index in [1.807, 2.05) is 34.6 Å². The van der Waals surface area contributed by atoms with Crippen LogP contribution in [0.25, 0.3) is 0 Å². The van der Waals surface area contributed by atoms with Crippen LogP contribution in [0, 0.1) is 17.3 Å². The monoisotopic (exact) mass is 475 g/mol. The maximum atomic E-state index is 13.2. The van der Waals surface area contributed by atoms with Crippen LogP contribution in [0.1, 0.15) is 59.9 Å². The number of rotatable bonds is 12. The summed E-state index contributed by atoms with van der Waals surface area (Å²) in [4.78, 5) is 51.8. The molecule has 2 atom stereocenters. The second-order valence-corrected chi connectivity index (χ2v) is 10.7. The molecule has 0 fully saturated rings. The molecule has 8 heteroatoms. The number of phenols is 1. The van der Waals surface area contributed by atoms with Gasteiger partial charge in [-0.15, -0.1) is 0 Å². The Morgan fingerprint density at radius 1 is 1.06 bits per heavy atom. The lowest BCUT2D eigenvalue weighted by molar-refractivity contribution is -0.140. The van der Waals surface area contributed by atoms with Crippen LogP contribution in [0.15, 0.2) is 24.3 Å². The largest absolute Gasteiger partial charge is 0.508 e. The molecule has 0 bridgehead atoms. The Labute approximate surface area is 203 Å². The van der Waals surface area contributed by atoms with Crippen LogP contribution >= 0.6 is 0 Å². The number of Topliss-reactive ketones (excluding diaryl/α,β-unsaturated/α-hetero) is 1. The highest BCUT2D eigenvalue weighted by Gasteiger charge is 2.30. The molecule has 1 aromatic rings. The molecular formula is C26H41N3O5. The predicted octanol–water partition coefficient (Wildman–Crippen LogP) is 2.68. The van der Waals surface area contributed by atoms with Gasteiger partial charge >= 0.3 is 0 Å². The number of benzene rings is 1. The first kappa shape index (κ1) is 29.1. The van der Waals surface area contributed by atoms with Gasteiger partial charge in [0.05, 0.1) is 12.6 Å². The Hall–Kier alpha value is -2.90. The lowest BCUT2D eigenvalue weighted by Gasteiger charge is -2.26. The van der Waals surface area contributed by atoms with Crippen LogP contribution < -0.4 is 10.6 Å². The first-order valence-corrected chi connectivity index (χ1v) is 11.8. The average Bonchev–Trinajstić information content (AvgIpc) is 2.71. The summed E-state index contributed by atoms with van der Waals surface area (Å²) in [5.41, 5.74) is 0.713. The maximum absolute atomic E-state index is 13.2. The molecule has 0 unspecified atom stereocenters. The van der Waals surface area contributed by atoms with Crippen molar-refractivity contribution in [2.75, 3.05) is 20.1 Å². The molecular weight excluding hydrogens is 434 g/mol. The second-order valence-electron chi connectivity index (χ2n) is 10.7. The van der Waals surface area contributed by atoms with Crippen LogP contribution in [0.5, 0.6) is 5.75 Å². The highest BCUT2D eigenvalue weighted by Crippen LogP contribution is 2.21. The van der Waals surface area contributed by atoms with E-state index < -0.39 is 12.0 Å². The fourth-order valence-electron chi connectivity index (χ4n) is 3.61. The van der Waals surface area contributed by atoms with Crippen molar-refractivity contribution >= 4 is 23.5 Å². The van der Waals surface area contributed by atoms with Gasteiger partial charge in [0.2, 0.25) is 17.7 Å². The van der Waals surface area contributed by atoms with Crippen LogP contribution in [-0.2, 0) is 25.6 Å². The lowest BCUT2D eigenvalue weighted by Crippen LogP contribution is -2.45. The van der Waals surface area contributed by atoms with Crippen molar-refractivity contribution in [3.63, 3.8) is 0 Å². The fraction of sp³-hybridized carbons (Fsp3) is 0.615. The molecule has 3 N–H and O–H groups in total. The SMILES string of the molecule is CC(=O)N[C@@H](Cc1ccc(O)cc1)C(=O)C[C@H](CC(C)C)C(=O)N(C)CC(=O)NCC(C)(C)C. The third-order valence-electron chi connectivity index (χ3n) is 5.27. The normalized spacial score (nSPS) is 13.2. The van der Waals surface area contributed by atoms with E-state index in [0.29, 0.717) is 13.0 Å². The summed E-state index contributed by atoms with van der Waals surface area (Å²) in [6.45, 7) is 11.7. The number of hydrogen-bond acceptors (Lipinski definition) is 5. The summed E-state index contributed by atoms with van der Waals surface area (Å²) in [6, 6.07) is 5.64. The van der Waals surface area contributed by atoms with Crippen molar-refractivity contribution in [3.8, 4) is 5.75 Å². The Balaban J connectivity index is 2.92. The summed E-state index contributed by atoms with van der Waals surface area (Å²) in [7, 11) is 1.57. The second kappa shape index (κ2) is 13.1. The minimum absolute atomic E-state index is 0.0337. The summed E-state index contributed by atoms with van der Waals surface area (Å²) >= 11 is 0. The topological polar surface area (TPSA) is 116 Å². The van der Waals surface area contributed by atoms with Gasteiger partial charge in [0.15, 0.2) is 5.78 Å². The third-order valence-corrected chi connectivity index (χ3v) is 5.27. The predicted molar refractivity (Wildman–Crippen MR) is 132 cm³/mol. The smallest absolute Gasteiger partial charge is 0.239 e. The van der Waals surface area contributed by atoms with Gasteiger partial charge in [-0.05, 0) is 41.9 Å². The minimum Gasteiger partial charge on any atom is -0.508 e. The van der Waals surface area contributed by atoms with E-state index in [4.69, 9.17) is 0 Å². The number of nitrogens with one attached hydrogen (secondary N) is 2. The van der Waals surface area contributed by atoms with Gasteiger partial charge in [-0.25, -0.2) is 0 Å². The van der Waals surface area contributed by atoms with E-state index >= 15 is 0 Å². The zero-order chi connectivity index (χ0) is 26.1. The number of likely N-dealkylation sites (N-methyl/N-ethyl adjacent to an activating group) is 1. The van der Waals surface area contributed by atoms with E-state index in [1.165, 1.54) is 24.0 Å². The lowest BCUT2D eigenvalue weighted by atomic mass is 9.88. The van der Waals surface area contributed by atoms with Crippen molar-refractivity contribution in [1.82, 2.24) is 15.5 Å². The number of hydrogen-bond donors (Lipinski definition) is 3. The molecule has 0 aromatic heterocycles. The summed E-state index contributed by atoms with van der Waals surface area (Å²) in [6.07, 6.45) is 0.713. The molecule has 190 valence electrons. The maximum Gasteiger partial charge on any atom is 0.239 e. The number of carbonyl (C=O) groups excluding carboxylic acids is 4. The molecule has 0 spiro atoms. The molecule has 0 aliphatic carbocycles. The van der Waals surface area contributed by atoms with Gasteiger partial charge in [-0.3, -0.25) is 19.2 Å². The van der Waals surface area contributed by atoms with E-state index in [0.717, 1.165) is 5.56 Å². The Morgan fingerprint density at radius 2 is 1.65 bits per heavy atom. The minimum atomic E-state index is -0.787. The van der Waals surface area contributed by atoms with Crippen LogP contribution in [0.3, 0.4) is 0 Å². The molecule has 0 aliphatic rings. The average molecular weight is 476 g/mol. The van der Waals surface area contributed by atoms with Gasteiger partial charge in [-0.1, -0.05) is 46.8 Å². The van der Waals surface area contributed by atoms with Crippen LogP contribution in [0.2, 0.25) is 0 Å². The Kier molecular flexibility index (Phi) is 11.2. The van der Waals surface area contributed by atoms with Crippen molar-refractivity contribution < 1.29 is 24.3 Å². The highest BCUT2D eigenvalue weighted by atomic mass is 16.3. The molecule has 3 amide bonds. The summed E-state index contributed by atoms with van der Waals surface area (Å²) in [5.74, 6) is -1.40. The molecule has 0 heterocycles. The van der Waals surface area contributed by atoms with Crippen molar-refractivity contribution in [3.05, 3.63) is 29.8 Å². The van der Waals surface area contributed by atoms with Crippen molar-refractivity contribution in [2.24, 2.45) is 17.3 Å². The molecule has 8 nitrogen and oxygen atoms in total. The number of carbonyl (C=O) groups is 4. The van der Waals surface area contributed by atoms with Gasteiger partial charge in [0.25, 0.3) is 0 Å². The summed E-state index contributed by atoms with van der Waals surface area (Å²) < 4.78 is 0. The first-order valence-electron chi connectivity index (χ1n) is 11.8. The molecule has 0 radical (unpaired) electrons. The van der Waals surface area contributed by atoms with Gasteiger partial charge in [0, 0.05) is 32.9 Å². The molecule has 0 saturated carbocycles.